The molecule has 2 aromatic rings. The van der Waals surface area contributed by atoms with Crippen molar-refractivity contribution in [3.8, 4) is 5.75 Å². The quantitative estimate of drug-likeness (QED) is 0.817. The zero-order valence-corrected chi connectivity index (χ0v) is 15.8. The highest BCUT2D eigenvalue weighted by molar-refractivity contribution is 7.13. The Morgan fingerprint density at radius 3 is 2.88 bits per heavy atom. The highest BCUT2D eigenvalue weighted by atomic mass is 35.5. The molecule has 0 aliphatic carbocycles. The summed E-state index contributed by atoms with van der Waals surface area (Å²) in [7, 11) is 0. The molecule has 1 atom stereocenters. The number of thiazole rings is 1. The van der Waals surface area contributed by atoms with Crippen LogP contribution in [0.15, 0.2) is 29.6 Å². The van der Waals surface area contributed by atoms with Crippen LogP contribution in [0.25, 0.3) is 0 Å². The van der Waals surface area contributed by atoms with Gasteiger partial charge < -0.3 is 4.74 Å². The lowest BCUT2D eigenvalue weighted by Gasteiger charge is -2.25. The first-order valence-electron chi connectivity index (χ1n) is 8.50. The first kappa shape index (κ1) is 18.2. The number of benzene rings is 1. The number of anilines is 1. The maximum atomic E-state index is 12.3. The number of carbonyl (C=O) groups is 1. The number of ether oxygens (including phenoxy) is 1. The fraction of sp³-hybridized carbons (Fsp3) is 0.444. The van der Waals surface area contributed by atoms with E-state index in [9.17, 15) is 4.79 Å². The summed E-state index contributed by atoms with van der Waals surface area (Å²) in [6.07, 6.45) is 3.17. The lowest BCUT2D eigenvalue weighted by atomic mass is 10.1. The van der Waals surface area contributed by atoms with E-state index >= 15 is 0 Å². The monoisotopic (exact) mass is 379 g/mol. The minimum Gasteiger partial charge on any atom is -0.479 e. The zero-order chi connectivity index (χ0) is 17.6. The van der Waals surface area contributed by atoms with Crippen molar-refractivity contribution in [1.29, 1.82) is 0 Å². The summed E-state index contributed by atoms with van der Waals surface area (Å²) in [4.78, 5) is 19.2. The summed E-state index contributed by atoms with van der Waals surface area (Å²) < 4.78 is 5.63. The molecule has 2 heterocycles. The molecular formula is C18H22ClN3O2S. The van der Waals surface area contributed by atoms with Crippen LogP contribution in [0.5, 0.6) is 5.75 Å². The van der Waals surface area contributed by atoms with Gasteiger partial charge in [-0.25, -0.2) is 4.98 Å². The molecule has 5 nitrogen and oxygen atoms in total. The van der Waals surface area contributed by atoms with Crippen LogP contribution in [-0.4, -0.2) is 35.0 Å². The number of hydrogen-bond acceptors (Lipinski definition) is 5. The van der Waals surface area contributed by atoms with Gasteiger partial charge in [0, 0.05) is 11.9 Å². The van der Waals surface area contributed by atoms with Gasteiger partial charge in [0.25, 0.3) is 5.91 Å². The van der Waals surface area contributed by atoms with Gasteiger partial charge in [0.1, 0.15) is 5.75 Å². The number of piperidine rings is 1. The van der Waals surface area contributed by atoms with Crippen molar-refractivity contribution < 1.29 is 9.53 Å². The smallest absolute Gasteiger partial charge is 0.266 e. The fourth-order valence-corrected chi connectivity index (χ4v) is 3.66. The second kappa shape index (κ2) is 8.65. The first-order valence-corrected chi connectivity index (χ1v) is 9.76. The number of halogens is 1. The average Bonchev–Trinajstić information content (AvgIpc) is 3.04. The third kappa shape index (κ3) is 5.17. The Labute approximate surface area is 157 Å². The number of nitrogens with one attached hydrogen (secondary N) is 1. The summed E-state index contributed by atoms with van der Waals surface area (Å²) in [5, 5.41) is 5.91. The molecule has 1 N–H and O–H groups in total. The third-order valence-electron chi connectivity index (χ3n) is 4.13. The van der Waals surface area contributed by atoms with Crippen LogP contribution in [0.4, 0.5) is 5.13 Å². The number of aromatic nitrogens is 1. The van der Waals surface area contributed by atoms with Crippen molar-refractivity contribution >= 4 is 34.0 Å². The number of nitrogens with zero attached hydrogens (tertiary/aromatic N) is 2. The van der Waals surface area contributed by atoms with Crippen molar-refractivity contribution in [3.63, 3.8) is 0 Å². The van der Waals surface area contributed by atoms with Gasteiger partial charge in [-0.1, -0.05) is 30.2 Å². The Balaban J connectivity index is 1.53. The molecule has 0 bridgehead atoms. The number of carbonyl (C=O) groups excluding carboxylic acids is 1. The summed E-state index contributed by atoms with van der Waals surface area (Å²) in [6.45, 7) is 4.79. The second-order valence-corrected chi connectivity index (χ2v) is 7.43. The molecule has 3 rings (SSSR count). The van der Waals surface area contributed by atoms with E-state index < -0.39 is 6.10 Å². The number of hydrogen-bond donors (Lipinski definition) is 1. The van der Waals surface area contributed by atoms with Crippen LogP contribution < -0.4 is 10.1 Å². The second-order valence-electron chi connectivity index (χ2n) is 6.16. The lowest BCUT2D eigenvalue weighted by molar-refractivity contribution is -0.122. The molecule has 1 saturated heterocycles. The predicted octanol–water partition coefficient (Wildman–Crippen LogP) is 4.19. The van der Waals surface area contributed by atoms with Gasteiger partial charge in [-0.3, -0.25) is 15.0 Å². The molecule has 1 fully saturated rings. The molecule has 134 valence electrons. The Bertz CT molecular complexity index is 716. The number of rotatable bonds is 6. The van der Waals surface area contributed by atoms with Crippen LogP contribution in [0.3, 0.4) is 0 Å². The molecule has 1 unspecified atom stereocenters. The number of amides is 1. The summed E-state index contributed by atoms with van der Waals surface area (Å²) in [5.74, 6) is 0.260. The van der Waals surface area contributed by atoms with Crippen molar-refractivity contribution in [3.05, 3.63) is 40.4 Å². The molecule has 1 aliphatic rings. The summed E-state index contributed by atoms with van der Waals surface area (Å²) in [6, 6.07) is 7.11. The SMILES string of the molecule is CC(Oc1ccccc1Cl)C(=O)Nc1nc(CN2CCCCC2)cs1. The largest absolute Gasteiger partial charge is 0.479 e. The normalized spacial score (nSPS) is 16.4. The predicted molar refractivity (Wildman–Crippen MR) is 101 cm³/mol. The van der Waals surface area contributed by atoms with E-state index in [4.69, 9.17) is 16.3 Å². The lowest BCUT2D eigenvalue weighted by Crippen LogP contribution is -2.30. The van der Waals surface area contributed by atoms with Gasteiger partial charge in [-0.2, -0.15) is 0 Å². The van der Waals surface area contributed by atoms with Gasteiger partial charge in [-0.05, 0) is 45.0 Å². The topological polar surface area (TPSA) is 54.5 Å². The number of para-hydroxylation sites is 1. The molecule has 0 radical (unpaired) electrons. The molecule has 1 aromatic heterocycles. The molecule has 1 amide bonds. The molecule has 25 heavy (non-hydrogen) atoms. The van der Waals surface area contributed by atoms with Gasteiger partial charge in [0.2, 0.25) is 0 Å². The standard InChI is InChI=1S/C18H22ClN3O2S/c1-13(24-16-8-4-3-7-15(16)19)17(23)21-18-20-14(12-25-18)11-22-9-5-2-6-10-22/h3-4,7-8,12-13H,2,5-6,9-11H2,1H3,(H,20,21,23). The molecule has 1 aliphatic heterocycles. The van der Waals surface area contributed by atoms with Crippen LogP contribution in [-0.2, 0) is 11.3 Å². The maximum Gasteiger partial charge on any atom is 0.266 e. The highest BCUT2D eigenvalue weighted by Gasteiger charge is 2.18. The van der Waals surface area contributed by atoms with E-state index in [1.165, 1.54) is 30.6 Å². The Hall–Kier alpha value is -1.63. The zero-order valence-electron chi connectivity index (χ0n) is 14.2. The summed E-state index contributed by atoms with van der Waals surface area (Å²) in [5.41, 5.74) is 1.00. The van der Waals surface area contributed by atoms with Crippen LogP contribution >= 0.6 is 22.9 Å². The van der Waals surface area contributed by atoms with E-state index in [1.807, 2.05) is 17.5 Å². The van der Waals surface area contributed by atoms with E-state index in [2.05, 4.69) is 15.2 Å². The molecule has 0 saturated carbocycles. The van der Waals surface area contributed by atoms with Crippen molar-refractivity contribution in [2.24, 2.45) is 0 Å². The van der Waals surface area contributed by atoms with Crippen molar-refractivity contribution in [2.75, 3.05) is 18.4 Å². The minimum atomic E-state index is -0.658. The Morgan fingerprint density at radius 2 is 2.12 bits per heavy atom. The van der Waals surface area contributed by atoms with Gasteiger partial charge in [-0.15, -0.1) is 11.3 Å². The van der Waals surface area contributed by atoms with Crippen LogP contribution in [0, 0.1) is 0 Å². The molecule has 1 aromatic carbocycles. The van der Waals surface area contributed by atoms with Gasteiger partial charge in [0.15, 0.2) is 11.2 Å². The minimum absolute atomic E-state index is 0.237. The van der Waals surface area contributed by atoms with E-state index in [-0.39, 0.29) is 5.91 Å². The van der Waals surface area contributed by atoms with E-state index in [0.717, 1.165) is 25.3 Å². The molecule has 0 spiro atoms. The van der Waals surface area contributed by atoms with Crippen molar-refractivity contribution in [1.82, 2.24) is 9.88 Å². The number of likely N-dealkylation sites (tertiary alicyclic amines) is 1. The van der Waals surface area contributed by atoms with E-state index in [1.54, 1.807) is 19.1 Å². The molecule has 7 heteroatoms. The highest BCUT2D eigenvalue weighted by Crippen LogP contribution is 2.25. The van der Waals surface area contributed by atoms with Gasteiger partial charge >= 0.3 is 0 Å². The third-order valence-corrected chi connectivity index (χ3v) is 5.24. The van der Waals surface area contributed by atoms with Gasteiger partial charge in [0.05, 0.1) is 10.7 Å². The van der Waals surface area contributed by atoms with Crippen molar-refractivity contribution in [2.45, 2.75) is 38.8 Å². The average molecular weight is 380 g/mol. The van der Waals surface area contributed by atoms with Crippen LogP contribution in [0.1, 0.15) is 31.9 Å². The van der Waals surface area contributed by atoms with Crippen LogP contribution in [0.2, 0.25) is 5.02 Å². The Morgan fingerprint density at radius 1 is 1.36 bits per heavy atom. The maximum absolute atomic E-state index is 12.3. The van der Waals surface area contributed by atoms with E-state index in [0.29, 0.717) is 15.9 Å². The fourth-order valence-electron chi connectivity index (χ4n) is 2.77. The first-order chi connectivity index (χ1) is 12.1. The Kier molecular flexibility index (Phi) is 6.29. The molecular weight excluding hydrogens is 358 g/mol. The summed E-state index contributed by atoms with van der Waals surface area (Å²) >= 11 is 7.50.